The largest absolute Gasteiger partial charge is 0.480 e. The van der Waals surface area contributed by atoms with Crippen LogP contribution in [0.2, 0.25) is 0 Å². The topological polar surface area (TPSA) is 201 Å². The fourth-order valence-corrected chi connectivity index (χ4v) is 5.13. The number of hydrogen-bond donors (Lipinski definition) is 6. The third kappa shape index (κ3) is 7.28. The van der Waals surface area contributed by atoms with Crippen molar-refractivity contribution in [3.63, 3.8) is 0 Å². The van der Waals surface area contributed by atoms with Gasteiger partial charge >= 0.3 is 5.97 Å². The van der Waals surface area contributed by atoms with E-state index < -0.39 is 60.2 Å². The zero-order valence-electron chi connectivity index (χ0n) is 22.4. The number of nitrogens with one attached hydrogen (secondary N) is 3. The number of rotatable bonds is 12. The van der Waals surface area contributed by atoms with Gasteiger partial charge in [-0.15, -0.1) is 0 Å². The van der Waals surface area contributed by atoms with Gasteiger partial charge in [-0.2, -0.15) is 0 Å². The van der Waals surface area contributed by atoms with Gasteiger partial charge in [0.2, 0.25) is 23.6 Å². The molecule has 4 rings (SSSR count). The van der Waals surface area contributed by atoms with Gasteiger partial charge in [0.1, 0.15) is 18.1 Å². The molecule has 2 aromatic carbocycles. The van der Waals surface area contributed by atoms with Crippen LogP contribution in [0.1, 0.15) is 30.4 Å². The molecule has 12 nitrogen and oxygen atoms in total. The van der Waals surface area contributed by atoms with Gasteiger partial charge in [0.25, 0.3) is 0 Å². The highest BCUT2D eigenvalue weighted by molar-refractivity contribution is 5.97. The third-order valence-corrected chi connectivity index (χ3v) is 7.21. The number of carbonyl (C=O) groups is 5. The molecule has 0 aliphatic carbocycles. The number of nitrogens with two attached hydrogens (primary N) is 2. The lowest BCUT2D eigenvalue weighted by Gasteiger charge is -2.28. The van der Waals surface area contributed by atoms with E-state index in [1.165, 1.54) is 0 Å². The maximum Gasteiger partial charge on any atom is 0.326 e. The summed E-state index contributed by atoms with van der Waals surface area (Å²) in [6.45, 7) is 0.171. The number of H-pyrrole nitrogens is 1. The fraction of sp³-hybridized carbons (Fsp3) is 0.345. The van der Waals surface area contributed by atoms with E-state index in [2.05, 4.69) is 15.6 Å². The Bertz CT molecular complexity index is 1420. The first-order valence-corrected chi connectivity index (χ1v) is 13.4. The lowest BCUT2D eigenvalue weighted by Crippen LogP contribution is -2.58. The number of carboxylic acids is 1. The number of amides is 4. The second-order valence-electron chi connectivity index (χ2n) is 10.2. The van der Waals surface area contributed by atoms with Gasteiger partial charge in [0.15, 0.2) is 0 Å². The Hall–Kier alpha value is -4.71. The molecule has 4 amide bonds. The second-order valence-corrected chi connectivity index (χ2v) is 10.2. The van der Waals surface area contributed by atoms with Gasteiger partial charge in [0, 0.05) is 30.1 Å². The molecular weight excluding hydrogens is 528 g/mol. The number of nitrogens with zero attached hydrogens (tertiary/aromatic N) is 1. The van der Waals surface area contributed by atoms with Crippen molar-refractivity contribution in [1.29, 1.82) is 0 Å². The van der Waals surface area contributed by atoms with Crippen LogP contribution >= 0.6 is 0 Å². The van der Waals surface area contributed by atoms with Crippen molar-refractivity contribution in [2.24, 2.45) is 11.5 Å². The highest BCUT2D eigenvalue weighted by Gasteiger charge is 2.39. The van der Waals surface area contributed by atoms with E-state index in [1.807, 2.05) is 54.6 Å². The molecule has 1 saturated heterocycles. The molecular formula is C29H34N6O6. The number of aromatic amines is 1. The average molecular weight is 563 g/mol. The summed E-state index contributed by atoms with van der Waals surface area (Å²) in [5.41, 5.74) is 14.0. The van der Waals surface area contributed by atoms with Crippen LogP contribution in [0.15, 0.2) is 60.8 Å². The maximum absolute atomic E-state index is 13.6. The number of primary amides is 1. The van der Waals surface area contributed by atoms with Crippen LogP contribution in [0.3, 0.4) is 0 Å². The Morgan fingerprint density at radius 3 is 2.34 bits per heavy atom. The Kier molecular flexibility index (Phi) is 9.35. The van der Waals surface area contributed by atoms with Crippen LogP contribution < -0.4 is 22.1 Å². The SMILES string of the molecule is NC(=O)CC(NC(=O)C(Cc1c[nH]c2ccccc12)NC(=O)C(N)Cc1ccccc1)C(=O)N1CCCC1C(=O)O. The molecule has 8 N–H and O–H groups in total. The summed E-state index contributed by atoms with van der Waals surface area (Å²) in [4.78, 5) is 67.8. The number of likely N-dealkylation sites (tertiary alicyclic amines) is 1. The standard InChI is InChI=1S/C29H34N6O6/c30-20(13-17-7-2-1-3-8-17)26(37)33-22(14-18-16-32-21-10-5-4-9-19(18)21)27(38)34-23(15-25(31)36)28(39)35-12-6-11-24(35)29(40)41/h1-5,7-10,16,20,22-24,32H,6,11-15,30H2,(H2,31,36)(H,33,37)(H,34,38)(H,40,41). The smallest absolute Gasteiger partial charge is 0.326 e. The van der Waals surface area contributed by atoms with Crippen LogP contribution in [-0.4, -0.2) is 75.3 Å². The average Bonchev–Trinajstić information content (AvgIpc) is 3.60. The number of benzene rings is 2. The number of hydrogen-bond acceptors (Lipinski definition) is 6. The molecule has 2 heterocycles. The number of aromatic nitrogens is 1. The van der Waals surface area contributed by atoms with E-state index in [9.17, 15) is 29.1 Å². The molecule has 0 saturated carbocycles. The van der Waals surface area contributed by atoms with Gasteiger partial charge in [-0.3, -0.25) is 19.2 Å². The Morgan fingerprint density at radius 1 is 0.951 bits per heavy atom. The molecule has 1 aromatic heterocycles. The van der Waals surface area contributed by atoms with Gasteiger partial charge in [-0.1, -0.05) is 48.5 Å². The first-order valence-electron chi connectivity index (χ1n) is 13.4. The number of para-hydroxylation sites is 1. The monoisotopic (exact) mass is 562 g/mol. The minimum atomic E-state index is -1.40. The van der Waals surface area contributed by atoms with E-state index >= 15 is 0 Å². The summed E-state index contributed by atoms with van der Waals surface area (Å²) in [7, 11) is 0. The maximum atomic E-state index is 13.6. The van der Waals surface area contributed by atoms with Crippen LogP contribution in [0, 0.1) is 0 Å². The Labute approximate surface area is 236 Å². The lowest BCUT2D eigenvalue weighted by atomic mass is 10.0. The molecule has 4 atom stereocenters. The zero-order chi connectivity index (χ0) is 29.5. The van der Waals surface area contributed by atoms with Crippen molar-refractivity contribution in [2.45, 2.75) is 56.3 Å². The number of aliphatic carboxylic acids is 1. The summed E-state index contributed by atoms with van der Waals surface area (Å²) in [5.74, 6) is -4.05. The van der Waals surface area contributed by atoms with Gasteiger partial charge in [-0.05, 0) is 36.5 Å². The molecule has 1 aliphatic heterocycles. The zero-order valence-corrected chi connectivity index (χ0v) is 22.4. The molecule has 12 heteroatoms. The Balaban J connectivity index is 1.56. The quantitative estimate of drug-likeness (QED) is 0.181. The minimum absolute atomic E-state index is 0.0542. The van der Waals surface area contributed by atoms with E-state index in [0.717, 1.165) is 26.9 Å². The van der Waals surface area contributed by atoms with Crippen molar-refractivity contribution in [2.75, 3.05) is 6.54 Å². The predicted octanol–water partition coefficient (Wildman–Crippen LogP) is 0.201. The van der Waals surface area contributed by atoms with Crippen LogP contribution in [0.5, 0.6) is 0 Å². The first kappa shape index (κ1) is 29.3. The van der Waals surface area contributed by atoms with Crippen LogP contribution in [0.25, 0.3) is 10.9 Å². The molecule has 41 heavy (non-hydrogen) atoms. The molecule has 0 bridgehead atoms. The first-order chi connectivity index (χ1) is 19.6. The summed E-state index contributed by atoms with van der Waals surface area (Å²) in [6, 6.07) is 12.1. The normalized spacial score (nSPS) is 17.0. The highest BCUT2D eigenvalue weighted by Crippen LogP contribution is 2.21. The second kappa shape index (κ2) is 13.1. The number of fused-ring (bicyclic) bond motifs is 1. The fourth-order valence-electron chi connectivity index (χ4n) is 5.13. The molecule has 216 valence electrons. The predicted molar refractivity (Wildman–Crippen MR) is 150 cm³/mol. The van der Waals surface area contributed by atoms with Crippen molar-refractivity contribution in [1.82, 2.24) is 20.5 Å². The van der Waals surface area contributed by atoms with Gasteiger partial charge in [-0.25, -0.2) is 4.79 Å². The summed E-state index contributed by atoms with van der Waals surface area (Å²) in [5, 5.41) is 15.6. The molecule has 1 aliphatic rings. The molecule has 4 unspecified atom stereocenters. The summed E-state index contributed by atoms with van der Waals surface area (Å²) in [6.07, 6.45) is 2.22. The lowest BCUT2D eigenvalue weighted by molar-refractivity contribution is -0.149. The van der Waals surface area contributed by atoms with E-state index in [-0.39, 0.29) is 25.8 Å². The number of carbonyl (C=O) groups excluding carboxylic acids is 4. The van der Waals surface area contributed by atoms with Gasteiger partial charge < -0.3 is 37.1 Å². The minimum Gasteiger partial charge on any atom is -0.480 e. The third-order valence-electron chi connectivity index (χ3n) is 7.21. The van der Waals surface area contributed by atoms with Crippen LogP contribution in [0.4, 0.5) is 0 Å². The van der Waals surface area contributed by atoms with Crippen molar-refractivity contribution >= 4 is 40.5 Å². The summed E-state index contributed by atoms with van der Waals surface area (Å²) >= 11 is 0. The van der Waals surface area contributed by atoms with Crippen molar-refractivity contribution in [3.8, 4) is 0 Å². The molecule has 0 spiro atoms. The molecule has 1 fully saturated rings. The van der Waals surface area contributed by atoms with E-state index in [1.54, 1.807) is 6.20 Å². The molecule has 0 radical (unpaired) electrons. The Morgan fingerprint density at radius 2 is 1.63 bits per heavy atom. The van der Waals surface area contributed by atoms with Crippen molar-refractivity contribution in [3.05, 3.63) is 71.9 Å². The number of carboxylic acid groups (broad SMARTS) is 1. The highest BCUT2D eigenvalue weighted by atomic mass is 16.4. The molecule has 3 aromatic rings. The van der Waals surface area contributed by atoms with Crippen molar-refractivity contribution < 1.29 is 29.1 Å². The van der Waals surface area contributed by atoms with E-state index in [0.29, 0.717) is 6.42 Å². The summed E-state index contributed by atoms with van der Waals surface area (Å²) < 4.78 is 0. The van der Waals surface area contributed by atoms with E-state index in [4.69, 9.17) is 11.5 Å². The van der Waals surface area contributed by atoms with Crippen LogP contribution in [-0.2, 0) is 36.8 Å². The van der Waals surface area contributed by atoms with Gasteiger partial charge in [0.05, 0.1) is 12.5 Å².